The average Bonchev–Trinajstić information content (AvgIpc) is 2.82. The second-order valence-electron chi connectivity index (χ2n) is 3.89. The highest BCUT2D eigenvalue weighted by Gasteiger charge is 2.30. The van der Waals surface area contributed by atoms with Crippen molar-refractivity contribution < 1.29 is 13.2 Å². The minimum absolute atomic E-state index is 0.481. The Kier molecular flexibility index (Phi) is 2.48. The van der Waals surface area contributed by atoms with Crippen LogP contribution in [0.4, 0.5) is 13.2 Å². The lowest BCUT2D eigenvalue weighted by molar-refractivity contribution is -0.137. The van der Waals surface area contributed by atoms with Gasteiger partial charge in [-0.1, -0.05) is 5.21 Å². The van der Waals surface area contributed by atoms with Crippen LogP contribution in [0.25, 0.3) is 16.9 Å². The first-order valence-electron chi connectivity index (χ1n) is 5.40. The molecule has 0 radical (unpaired) electrons. The number of pyridine rings is 1. The van der Waals surface area contributed by atoms with E-state index in [-0.39, 0.29) is 0 Å². The van der Waals surface area contributed by atoms with Crippen molar-refractivity contribution in [2.24, 2.45) is 0 Å². The first kappa shape index (κ1) is 11.6. The Labute approximate surface area is 105 Å². The van der Waals surface area contributed by atoms with E-state index in [1.54, 1.807) is 18.3 Å². The first-order valence-corrected chi connectivity index (χ1v) is 5.40. The van der Waals surface area contributed by atoms with Crippen LogP contribution in [0.2, 0.25) is 0 Å². The molecule has 4 nitrogen and oxygen atoms in total. The summed E-state index contributed by atoms with van der Waals surface area (Å²) in [5.41, 5.74) is 0.868. The highest BCUT2D eigenvalue weighted by molar-refractivity contribution is 5.71. The van der Waals surface area contributed by atoms with Gasteiger partial charge >= 0.3 is 6.18 Å². The molecular formula is C12H7F3N4. The molecule has 3 rings (SSSR count). The maximum atomic E-state index is 12.5. The Bertz CT molecular complexity index is 716. The van der Waals surface area contributed by atoms with Crippen molar-refractivity contribution in [3.63, 3.8) is 0 Å². The monoisotopic (exact) mass is 264 g/mol. The number of aromatic nitrogens is 4. The molecule has 0 atom stereocenters. The molecule has 0 aliphatic heterocycles. The van der Waals surface area contributed by atoms with Crippen LogP contribution in [0.1, 0.15) is 5.56 Å². The van der Waals surface area contributed by atoms with Gasteiger partial charge in [0, 0.05) is 6.20 Å². The number of hydrogen-bond donors (Lipinski definition) is 0. The summed E-state index contributed by atoms with van der Waals surface area (Å²) in [4.78, 5) is 4.10. The van der Waals surface area contributed by atoms with E-state index in [1.165, 1.54) is 16.8 Å². The first-order chi connectivity index (χ1) is 9.05. The smallest absolute Gasteiger partial charge is 0.235 e. The standard InChI is InChI=1S/C12H7F3N4/c13-12(14,15)8-3-5-9(6-4-8)19-11-10(17-18-19)2-1-7-16-11/h1-7H. The predicted octanol–water partition coefficient (Wildman–Crippen LogP) is 2.83. The molecule has 0 amide bonds. The van der Waals surface area contributed by atoms with Gasteiger partial charge in [0.2, 0.25) is 0 Å². The van der Waals surface area contributed by atoms with Gasteiger partial charge in [0.05, 0.1) is 11.3 Å². The maximum Gasteiger partial charge on any atom is 0.416 e. The zero-order valence-electron chi connectivity index (χ0n) is 9.46. The second-order valence-corrected chi connectivity index (χ2v) is 3.89. The highest BCUT2D eigenvalue weighted by atomic mass is 19.4. The fourth-order valence-corrected chi connectivity index (χ4v) is 1.73. The Morgan fingerprint density at radius 1 is 1.00 bits per heavy atom. The van der Waals surface area contributed by atoms with Crippen LogP contribution in [-0.4, -0.2) is 20.0 Å². The summed E-state index contributed by atoms with van der Waals surface area (Å²) >= 11 is 0. The SMILES string of the molecule is FC(F)(F)c1ccc(-n2nnc3cccnc32)cc1. The normalized spacial score (nSPS) is 11.9. The summed E-state index contributed by atoms with van der Waals surface area (Å²) in [5.74, 6) is 0. The summed E-state index contributed by atoms with van der Waals surface area (Å²) in [6, 6.07) is 8.14. The van der Waals surface area contributed by atoms with E-state index in [0.717, 1.165) is 12.1 Å². The number of alkyl halides is 3. The fourth-order valence-electron chi connectivity index (χ4n) is 1.73. The van der Waals surface area contributed by atoms with Gasteiger partial charge in [-0.3, -0.25) is 0 Å². The molecule has 0 aliphatic carbocycles. The molecule has 96 valence electrons. The summed E-state index contributed by atoms with van der Waals surface area (Å²) in [7, 11) is 0. The molecule has 7 heteroatoms. The summed E-state index contributed by atoms with van der Waals surface area (Å²) in [5, 5.41) is 7.77. The molecule has 3 aromatic rings. The quantitative estimate of drug-likeness (QED) is 0.678. The Morgan fingerprint density at radius 3 is 2.42 bits per heavy atom. The predicted molar refractivity (Wildman–Crippen MR) is 61.7 cm³/mol. The third-order valence-corrected chi connectivity index (χ3v) is 2.65. The summed E-state index contributed by atoms with van der Waals surface area (Å²) < 4.78 is 38.8. The van der Waals surface area contributed by atoms with Gasteiger partial charge < -0.3 is 0 Å². The molecule has 19 heavy (non-hydrogen) atoms. The maximum absolute atomic E-state index is 12.5. The van der Waals surface area contributed by atoms with Gasteiger partial charge in [-0.2, -0.15) is 17.9 Å². The number of fused-ring (bicyclic) bond motifs is 1. The van der Waals surface area contributed by atoms with Crippen molar-refractivity contribution in [3.8, 4) is 5.69 Å². The van der Waals surface area contributed by atoms with Crippen LogP contribution >= 0.6 is 0 Å². The summed E-state index contributed by atoms with van der Waals surface area (Å²) in [6.07, 6.45) is -2.77. The van der Waals surface area contributed by atoms with Gasteiger partial charge in [-0.25, -0.2) is 4.98 Å². The lowest BCUT2D eigenvalue weighted by Gasteiger charge is -2.07. The minimum Gasteiger partial charge on any atom is -0.235 e. The third-order valence-electron chi connectivity index (χ3n) is 2.65. The van der Waals surface area contributed by atoms with Gasteiger partial charge in [0.25, 0.3) is 0 Å². The lowest BCUT2D eigenvalue weighted by Crippen LogP contribution is -2.05. The molecule has 0 saturated heterocycles. The zero-order chi connectivity index (χ0) is 13.5. The van der Waals surface area contributed by atoms with Crippen LogP contribution in [0.3, 0.4) is 0 Å². The van der Waals surface area contributed by atoms with Gasteiger partial charge in [-0.05, 0) is 36.4 Å². The van der Waals surface area contributed by atoms with E-state index in [4.69, 9.17) is 0 Å². The number of nitrogens with zero attached hydrogens (tertiary/aromatic N) is 4. The second kappa shape index (κ2) is 4.04. The number of benzene rings is 1. The Balaban J connectivity index is 2.07. The van der Waals surface area contributed by atoms with Crippen molar-refractivity contribution in [1.82, 2.24) is 20.0 Å². The molecule has 0 saturated carbocycles. The largest absolute Gasteiger partial charge is 0.416 e. The van der Waals surface area contributed by atoms with Gasteiger partial charge in [0.1, 0.15) is 5.52 Å². The van der Waals surface area contributed by atoms with Crippen molar-refractivity contribution in [2.75, 3.05) is 0 Å². The van der Waals surface area contributed by atoms with E-state index in [2.05, 4.69) is 15.3 Å². The third kappa shape index (κ3) is 2.03. The average molecular weight is 264 g/mol. The molecule has 2 heterocycles. The van der Waals surface area contributed by atoms with E-state index < -0.39 is 11.7 Å². The fraction of sp³-hybridized carbons (Fsp3) is 0.0833. The van der Waals surface area contributed by atoms with Crippen molar-refractivity contribution in [1.29, 1.82) is 0 Å². The number of halogens is 3. The van der Waals surface area contributed by atoms with Crippen molar-refractivity contribution in [3.05, 3.63) is 48.2 Å². The molecule has 0 unspecified atom stereocenters. The van der Waals surface area contributed by atoms with Gasteiger partial charge in [0.15, 0.2) is 5.65 Å². The molecule has 1 aromatic carbocycles. The van der Waals surface area contributed by atoms with E-state index in [0.29, 0.717) is 16.9 Å². The minimum atomic E-state index is -4.35. The van der Waals surface area contributed by atoms with Crippen LogP contribution in [0.15, 0.2) is 42.6 Å². The number of hydrogen-bond acceptors (Lipinski definition) is 3. The highest BCUT2D eigenvalue weighted by Crippen LogP contribution is 2.29. The van der Waals surface area contributed by atoms with E-state index in [9.17, 15) is 13.2 Å². The van der Waals surface area contributed by atoms with Crippen molar-refractivity contribution in [2.45, 2.75) is 6.18 Å². The lowest BCUT2D eigenvalue weighted by atomic mass is 10.2. The summed E-state index contributed by atoms with van der Waals surface area (Å²) in [6.45, 7) is 0. The molecule has 0 bridgehead atoms. The molecule has 0 fully saturated rings. The van der Waals surface area contributed by atoms with Crippen LogP contribution < -0.4 is 0 Å². The zero-order valence-corrected chi connectivity index (χ0v) is 9.46. The number of rotatable bonds is 1. The van der Waals surface area contributed by atoms with Crippen LogP contribution in [0.5, 0.6) is 0 Å². The van der Waals surface area contributed by atoms with Crippen LogP contribution in [0, 0.1) is 0 Å². The van der Waals surface area contributed by atoms with Gasteiger partial charge in [-0.15, -0.1) is 5.10 Å². The van der Waals surface area contributed by atoms with E-state index >= 15 is 0 Å². The van der Waals surface area contributed by atoms with Crippen LogP contribution in [-0.2, 0) is 6.18 Å². The Hall–Kier alpha value is -2.44. The van der Waals surface area contributed by atoms with E-state index in [1.807, 2.05) is 0 Å². The van der Waals surface area contributed by atoms with Crippen molar-refractivity contribution >= 4 is 11.2 Å². The molecule has 2 aromatic heterocycles. The topological polar surface area (TPSA) is 43.6 Å². The molecule has 0 spiro atoms. The molecule has 0 aliphatic rings. The molecule has 0 N–H and O–H groups in total. The Morgan fingerprint density at radius 2 is 1.74 bits per heavy atom. The molecular weight excluding hydrogens is 257 g/mol.